The average molecular weight is 524 g/mol. The number of carbonyl (C=O) groups excluding carboxylic acids is 2. The van der Waals surface area contributed by atoms with E-state index in [1.807, 2.05) is 67.6 Å². The van der Waals surface area contributed by atoms with Crippen molar-refractivity contribution in [2.24, 2.45) is 0 Å². The fraction of sp³-hybridized carbons (Fsp3) is 0.167. The van der Waals surface area contributed by atoms with Gasteiger partial charge in [0.05, 0.1) is 26.0 Å². The standard InChI is InChI=1S/C30H29N5O4/c1-18-10-12-21(13-11-18)33-29(36)24-17-31-35-27(23-16-22(38-3)14-15-25(23)39-4)26(19(2)32-28(24)35)30(37)34-20-8-6-5-7-9-20/h5-17,27,32H,1-4H3,(H,33,36)(H,34,37)/t27-/m0/s1. The molecule has 198 valence electrons. The molecule has 9 heteroatoms. The summed E-state index contributed by atoms with van der Waals surface area (Å²) in [6, 6.07) is 21.4. The zero-order valence-electron chi connectivity index (χ0n) is 22.1. The summed E-state index contributed by atoms with van der Waals surface area (Å²) in [6.07, 6.45) is 1.50. The van der Waals surface area contributed by atoms with Crippen LogP contribution in [0.3, 0.4) is 0 Å². The number of benzene rings is 3. The third kappa shape index (κ3) is 5.06. The van der Waals surface area contributed by atoms with Crippen molar-refractivity contribution in [1.82, 2.24) is 9.78 Å². The lowest BCUT2D eigenvalue weighted by Gasteiger charge is -2.31. The number of aromatic nitrogens is 2. The summed E-state index contributed by atoms with van der Waals surface area (Å²) in [6.45, 7) is 3.79. The highest BCUT2D eigenvalue weighted by Gasteiger charge is 2.37. The van der Waals surface area contributed by atoms with Crippen molar-refractivity contribution in [3.8, 4) is 11.5 Å². The maximum Gasteiger partial charge on any atom is 0.261 e. The molecule has 4 aromatic rings. The number of nitrogens with one attached hydrogen (secondary N) is 3. The predicted octanol–water partition coefficient (Wildman–Crippen LogP) is 5.39. The zero-order valence-corrected chi connectivity index (χ0v) is 22.1. The van der Waals surface area contributed by atoms with Crippen LogP contribution in [0.1, 0.15) is 34.5 Å². The second-order valence-electron chi connectivity index (χ2n) is 9.17. The van der Waals surface area contributed by atoms with Crippen LogP contribution in [0, 0.1) is 6.92 Å². The van der Waals surface area contributed by atoms with E-state index in [4.69, 9.17) is 9.47 Å². The average Bonchev–Trinajstić information content (AvgIpc) is 3.37. The second-order valence-corrected chi connectivity index (χ2v) is 9.17. The molecular weight excluding hydrogens is 494 g/mol. The van der Waals surface area contributed by atoms with Gasteiger partial charge in [-0.25, -0.2) is 4.68 Å². The lowest BCUT2D eigenvalue weighted by Crippen LogP contribution is -2.32. The first-order valence-electron chi connectivity index (χ1n) is 12.4. The Labute approximate surface area is 226 Å². The van der Waals surface area contributed by atoms with Gasteiger partial charge >= 0.3 is 0 Å². The number of amides is 2. The Morgan fingerprint density at radius 1 is 0.872 bits per heavy atom. The summed E-state index contributed by atoms with van der Waals surface area (Å²) in [5.41, 5.74) is 4.41. The maximum absolute atomic E-state index is 13.7. The highest BCUT2D eigenvalue weighted by atomic mass is 16.5. The van der Waals surface area contributed by atoms with Gasteiger partial charge in [0.2, 0.25) is 0 Å². The van der Waals surface area contributed by atoms with E-state index in [2.05, 4.69) is 21.0 Å². The molecule has 0 radical (unpaired) electrons. The van der Waals surface area contributed by atoms with Gasteiger partial charge < -0.3 is 25.4 Å². The van der Waals surface area contributed by atoms with Crippen LogP contribution in [0.25, 0.3) is 0 Å². The molecule has 2 heterocycles. The van der Waals surface area contributed by atoms with Gasteiger partial charge in [-0.1, -0.05) is 35.9 Å². The summed E-state index contributed by atoms with van der Waals surface area (Å²) in [4.78, 5) is 27.1. The highest BCUT2D eigenvalue weighted by Crippen LogP contribution is 2.42. The van der Waals surface area contributed by atoms with E-state index in [1.54, 1.807) is 38.0 Å². The summed E-state index contributed by atoms with van der Waals surface area (Å²) < 4.78 is 12.8. The van der Waals surface area contributed by atoms with Gasteiger partial charge in [-0.3, -0.25) is 9.59 Å². The molecule has 1 aromatic heterocycles. The summed E-state index contributed by atoms with van der Waals surface area (Å²) in [5, 5.41) is 13.7. The van der Waals surface area contributed by atoms with Crippen molar-refractivity contribution in [1.29, 1.82) is 0 Å². The third-order valence-electron chi connectivity index (χ3n) is 6.59. The van der Waals surface area contributed by atoms with Crippen LogP contribution in [0.2, 0.25) is 0 Å². The number of para-hydroxylation sites is 1. The molecule has 3 aromatic carbocycles. The van der Waals surface area contributed by atoms with Crippen LogP contribution in [0.15, 0.2) is 90.3 Å². The molecular formula is C30H29N5O4. The minimum absolute atomic E-state index is 0.312. The van der Waals surface area contributed by atoms with E-state index in [1.165, 1.54) is 6.20 Å². The van der Waals surface area contributed by atoms with Crippen LogP contribution in [-0.4, -0.2) is 35.8 Å². The largest absolute Gasteiger partial charge is 0.497 e. The fourth-order valence-electron chi connectivity index (χ4n) is 4.61. The molecule has 1 atom stereocenters. The molecule has 5 rings (SSSR count). The van der Waals surface area contributed by atoms with Crippen molar-refractivity contribution in [2.45, 2.75) is 19.9 Å². The Hall–Kier alpha value is -5.05. The number of carbonyl (C=O) groups is 2. The molecule has 2 amide bonds. The number of allylic oxidation sites excluding steroid dienone is 1. The molecule has 1 aliphatic heterocycles. The number of methoxy groups -OCH3 is 2. The molecule has 0 saturated heterocycles. The lowest BCUT2D eigenvalue weighted by atomic mass is 9.93. The van der Waals surface area contributed by atoms with Crippen molar-refractivity contribution in [3.05, 3.63) is 107 Å². The number of nitrogens with zero attached hydrogens (tertiary/aromatic N) is 2. The van der Waals surface area contributed by atoms with Crippen LogP contribution < -0.4 is 25.4 Å². The molecule has 0 aliphatic carbocycles. The number of aryl methyl sites for hydroxylation is 1. The first kappa shape index (κ1) is 25.6. The topological polar surface area (TPSA) is 107 Å². The Bertz CT molecular complexity index is 1560. The molecule has 0 spiro atoms. The molecule has 9 nitrogen and oxygen atoms in total. The highest BCUT2D eigenvalue weighted by molar-refractivity contribution is 6.09. The third-order valence-corrected chi connectivity index (χ3v) is 6.59. The SMILES string of the molecule is COc1ccc(OC)c([C@H]2C(C(=O)Nc3ccccc3)=C(C)Nc3c(C(=O)Nc4ccc(C)cc4)cnn32)c1. The fourth-order valence-corrected chi connectivity index (χ4v) is 4.61. The number of hydrogen-bond donors (Lipinski definition) is 3. The normalized spacial score (nSPS) is 14.2. The Morgan fingerprint density at radius 2 is 1.56 bits per heavy atom. The predicted molar refractivity (Wildman–Crippen MR) is 150 cm³/mol. The van der Waals surface area contributed by atoms with Gasteiger partial charge in [0.15, 0.2) is 0 Å². The van der Waals surface area contributed by atoms with Crippen LogP contribution >= 0.6 is 0 Å². The minimum Gasteiger partial charge on any atom is -0.497 e. The monoisotopic (exact) mass is 523 g/mol. The number of rotatable bonds is 7. The Balaban J connectivity index is 1.60. The van der Waals surface area contributed by atoms with Gasteiger partial charge in [0.1, 0.15) is 28.9 Å². The molecule has 3 N–H and O–H groups in total. The summed E-state index contributed by atoms with van der Waals surface area (Å²) in [7, 11) is 3.14. The minimum atomic E-state index is -0.712. The van der Waals surface area contributed by atoms with Crippen molar-refractivity contribution >= 4 is 29.0 Å². The first-order chi connectivity index (χ1) is 18.9. The van der Waals surface area contributed by atoms with Gasteiger partial charge in [-0.05, 0) is 56.3 Å². The number of ether oxygens (including phenoxy) is 2. The van der Waals surface area contributed by atoms with Gasteiger partial charge in [0.25, 0.3) is 11.8 Å². The Morgan fingerprint density at radius 3 is 2.26 bits per heavy atom. The van der Waals surface area contributed by atoms with Crippen LogP contribution in [-0.2, 0) is 4.79 Å². The zero-order chi connectivity index (χ0) is 27.5. The summed E-state index contributed by atoms with van der Waals surface area (Å²) in [5.74, 6) is 0.966. The molecule has 0 bridgehead atoms. The quantitative estimate of drug-likeness (QED) is 0.300. The van der Waals surface area contributed by atoms with E-state index in [0.717, 1.165) is 5.56 Å². The van der Waals surface area contributed by atoms with E-state index in [-0.39, 0.29) is 11.8 Å². The van der Waals surface area contributed by atoms with E-state index in [0.29, 0.717) is 51.1 Å². The molecule has 0 saturated carbocycles. The molecule has 0 unspecified atom stereocenters. The molecule has 39 heavy (non-hydrogen) atoms. The molecule has 1 aliphatic rings. The number of hydrogen-bond acceptors (Lipinski definition) is 6. The summed E-state index contributed by atoms with van der Waals surface area (Å²) >= 11 is 0. The Kier molecular flexibility index (Phi) is 7.05. The van der Waals surface area contributed by atoms with Crippen molar-refractivity contribution in [3.63, 3.8) is 0 Å². The molecule has 0 fully saturated rings. The lowest BCUT2D eigenvalue weighted by molar-refractivity contribution is -0.113. The van der Waals surface area contributed by atoms with Crippen LogP contribution in [0.5, 0.6) is 11.5 Å². The van der Waals surface area contributed by atoms with E-state index < -0.39 is 6.04 Å². The number of fused-ring (bicyclic) bond motifs is 1. The first-order valence-corrected chi connectivity index (χ1v) is 12.4. The second kappa shape index (κ2) is 10.7. The van der Waals surface area contributed by atoms with Gasteiger partial charge in [-0.15, -0.1) is 0 Å². The van der Waals surface area contributed by atoms with Crippen LogP contribution in [0.4, 0.5) is 17.2 Å². The van der Waals surface area contributed by atoms with Gasteiger partial charge in [0, 0.05) is 22.6 Å². The van der Waals surface area contributed by atoms with E-state index >= 15 is 0 Å². The van der Waals surface area contributed by atoms with Gasteiger partial charge in [-0.2, -0.15) is 5.10 Å². The van der Waals surface area contributed by atoms with Crippen molar-refractivity contribution in [2.75, 3.05) is 30.2 Å². The number of anilines is 3. The van der Waals surface area contributed by atoms with E-state index in [9.17, 15) is 9.59 Å². The smallest absolute Gasteiger partial charge is 0.261 e. The maximum atomic E-state index is 13.7. The van der Waals surface area contributed by atoms with Crippen molar-refractivity contribution < 1.29 is 19.1 Å².